The molecule has 2 aromatic rings. The standard InChI is InChI=1S/C20H19ClO4S2/c1-13(22)3-4-16(20(23)26)11-15-7-10-18(27(2,24)25)12-19(15)14-5-8-17(21)9-6-14/h5-12H,3-4H2,1-2H3,(H,23,26)/b16-11-. The van der Waals surface area contributed by atoms with Gasteiger partial charge in [-0.15, -0.1) is 12.6 Å². The first-order valence-corrected chi connectivity index (χ1v) is 10.8. The van der Waals surface area contributed by atoms with Gasteiger partial charge >= 0.3 is 0 Å². The van der Waals surface area contributed by atoms with Crippen molar-refractivity contribution in [2.45, 2.75) is 24.7 Å². The number of sulfone groups is 1. The van der Waals surface area contributed by atoms with Gasteiger partial charge in [0.1, 0.15) is 5.78 Å². The second-order valence-electron chi connectivity index (χ2n) is 6.20. The zero-order valence-corrected chi connectivity index (χ0v) is 17.4. The third-order valence-corrected chi connectivity index (χ3v) is 5.61. The quantitative estimate of drug-likeness (QED) is 0.522. The molecule has 0 aliphatic heterocycles. The summed E-state index contributed by atoms with van der Waals surface area (Å²) in [4.78, 5) is 23.3. The van der Waals surface area contributed by atoms with Crippen molar-refractivity contribution in [3.8, 4) is 11.1 Å². The summed E-state index contributed by atoms with van der Waals surface area (Å²) < 4.78 is 23.9. The molecule has 4 nitrogen and oxygen atoms in total. The van der Waals surface area contributed by atoms with Crippen LogP contribution in [0.25, 0.3) is 17.2 Å². The molecule has 7 heteroatoms. The zero-order chi connectivity index (χ0) is 20.2. The van der Waals surface area contributed by atoms with Crippen LogP contribution in [0.15, 0.2) is 52.9 Å². The van der Waals surface area contributed by atoms with E-state index in [2.05, 4.69) is 12.6 Å². The van der Waals surface area contributed by atoms with E-state index in [9.17, 15) is 18.0 Å². The van der Waals surface area contributed by atoms with Crippen molar-refractivity contribution < 1.29 is 18.0 Å². The van der Waals surface area contributed by atoms with Gasteiger partial charge in [0.25, 0.3) is 0 Å². The van der Waals surface area contributed by atoms with Gasteiger partial charge in [0, 0.05) is 23.3 Å². The number of halogens is 1. The van der Waals surface area contributed by atoms with E-state index in [1.807, 2.05) is 0 Å². The fourth-order valence-electron chi connectivity index (χ4n) is 2.51. The highest BCUT2D eigenvalue weighted by atomic mass is 35.5. The summed E-state index contributed by atoms with van der Waals surface area (Å²) in [7, 11) is -3.40. The Labute approximate surface area is 169 Å². The molecule has 2 aromatic carbocycles. The molecule has 0 aliphatic rings. The number of carbonyl (C=O) groups is 2. The minimum atomic E-state index is -3.40. The molecule has 0 saturated heterocycles. The third-order valence-electron chi connectivity index (χ3n) is 3.96. The third kappa shape index (κ3) is 6.06. The maximum atomic E-state index is 11.9. The minimum absolute atomic E-state index is 0.0270. The van der Waals surface area contributed by atoms with Crippen LogP contribution in [0.3, 0.4) is 0 Å². The normalized spacial score (nSPS) is 12.1. The van der Waals surface area contributed by atoms with Gasteiger partial charge in [-0.25, -0.2) is 8.42 Å². The molecular weight excluding hydrogens is 404 g/mol. The molecule has 0 N–H and O–H groups in total. The summed E-state index contributed by atoms with van der Waals surface area (Å²) in [6.45, 7) is 1.46. The molecule has 0 amide bonds. The lowest BCUT2D eigenvalue weighted by Gasteiger charge is -2.11. The van der Waals surface area contributed by atoms with Crippen LogP contribution in [-0.4, -0.2) is 25.6 Å². The van der Waals surface area contributed by atoms with E-state index in [1.165, 1.54) is 13.0 Å². The average Bonchev–Trinajstić information content (AvgIpc) is 2.58. The minimum Gasteiger partial charge on any atom is -0.300 e. The van der Waals surface area contributed by atoms with Crippen molar-refractivity contribution in [3.05, 3.63) is 58.6 Å². The predicted octanol–water partition coefficient (Wildman–Crippen LogP) is 4.62. The Balaban J connectivity index is 2.63. The second-order valence-corrected chi connectivity index (χ2v) is 9.06. The van der Waals surface area contributed by atoms with Gasteiger partial charge in [0.2, 0.25) is 5.12 Å². The first-order valence-electron chi connectivity index (χ1n) is 8.11. The van der Waals surface area contributed by atoms with Gasteiger partial charge in [0.15, 0.2) is 9.84 Å². The molecule has 0 unspecified atom stereocenters. The lowest BCUT2D eigenvalue weighted by molar-refractivity contribution is -0.116. The van der Waals surface area contributed by atoms with E-state index in [4.69, 9.17) is 11.6 Å². The largest absolute Gasteiger partial charge is 0.300 e. The number of rotatable bonds is 7. The Kier molecular flexibility index (Phi) is 7.03. The molecule has 0 aromatic heterocycles. The Morgan fingerprint density at radius 2 is 1.70 bits per heavy atom. The lowest BCUT2D eigenvalue weighted by Crippen LogP contribution is -2.00. The van der Waals surface area contributed by atoms with Gasteiger partial charge in [-0.3, -0.25) is 4.79 Å². The summed E-state index contributed by atoms with van der Waals surface area (Å²) in [5.74, 6) is -0.0270. The fraction of sp³-hybridized carbons (Fsp3) is 0.200. The molecular formula is C20H19ClO4S2. The topological polar surface area (TPSA) is 68.3 Å². The fourth-order valence-corrected chi connectivity index (χ4v) is 3.46. The van der Waals surface area contributed by atoms with Crippen LogP contribution in [0.5, 0.6) is 0 Å². The molecule has 0 heterocycles. The van der Waals surface area contributed by atoms with E-state index in [-0.39, 0.29) is 23.5 Å². The summed E-state index contributed by atoms with van der Waals surface area (Å²) in [5, 5.41) is 0.133. The zero-order valence-electron chi connectivity index (χ0n) is 14.9. The molecule has 142 valence electrons. The van der Waals surface area contributed by atoms with Crippen molar-refractivity contribution in [2.24, 2.45) is 0 Å². The molecule has 0 bridgehead atoms. The SMILES string of the molecule is CC(=O)CC/C(=C/c1ccc(S(C)(=O)=O)cc1-c1ccc(Cl)cc1)C(=O)S. The Bertz CT molecular complexity index is 1010. The molecule has 0 fully saturated rings. The second kappa shape index (κ2) is 8.87. The van der Waals surface area contributed by atoms with Crippen molar-refractivity contribution in [2.75, 3.05) is 6.26 Å². The molecule has 0 atom stereocenters. The van der Waals surface area contributed by atoms with E-state index >= 15 is 0 Å². The van der Waals surface area contributed by atoms with Crippen LogP contribution >= 0.6 is 24.2 Å². The summed E-state index contributed by atoms with van der Waals surface area (Å²) in [6, 6.07) is 11.7. The van der Waals surface area contributed by atoms with Crippen molar-refractivity contribution in [1.29, 1.82) is 0 Å². The number of hydrogen-bond donors (Lipinski definition) is 1. The van der Waals surface area contributed by atoms with Crippen molar-refractivity contribution in [3.63, 3.8) is 0 Å². The van der Waals surface area contributed by atoms with Crippen LogP contribution in [0, 0.1) is 0 Å². The van der Waals surface area contributed by atoms with Gasteiger partial charge in [-0.1, -0.05) is 29.8 Å². The highest BCUT2D eigenvalue weighted by Crippen LogP contribution is 2.30. The average molecular weight is 423 g/mol. The summed E-state index contributed by atoms with van der Waals surface area (Å²) in [6.07, 6.45) is 3.29. The maximum absolute atomic E-state index is 11.9. The van der Waals surface area contributed by atoms with Gasteiger partial charge in [0.05, 0.1) is 4.90 Å². The lowest BCUT2D eigenvalue weighted by atomic mass is 9.97. The van der Waals surface area contributed by atoms with Crippen LogP contribution < -0.4 is 0 Å². The highest BCUT2D eigenvalue weighted by molar-refractivity contribution is 7.97. The number of benzene rings is 2. The van der Waals surface area contributed by atoms with Gasteiger partial charge in [-0.2, -0.15) is 0 Å². The predicted molar refractivity (Wildman–Crippen MR) is 112 cm³/mol. The number of hydrogen-bond acceptors (Lipinski definition) is 4. The van der Waals surface area contributed by atoms with E-state index in [0.29, 0.717) is 21.7 Å². The van der Waals surface area contributed by atoms with E-state index < -0.39 is 15.0 Å². The van der Waals surface area contributed by atoms with Crippen LogP contribution in [0.2, 0.25) is 5.02 Å². The van der Waals surface area contributed by atoms with Crippen LogP contribution in [0.1, 0.15) is 25.3 Å². The smallest absolute Gasteiger partial charge is 0.212 e. The molecule has 0 aliphatic carbocycles. The van der Waals surface area contributed by atoms with E-state index in [0.717, 1.165) is 11.8 Å². The number of ketones is 1. The number of Topliss-reactive ketones (excluding diaryl/α,β-unsaturated/α-hetero) is 1. The number of thiol groups is 1. The molecule has 0 saturated carbocycles. The Morgan fingerprint density at radius 1 is 1.07 bits per heavy atom. The summed E-state index contributed by atoms with van der Waals surface area (Å²) in [5.41, 5.74) is 2.44. The Morgan fingerprint density at radius 3 is 2.22 bits per heavy atom. The molecule has 0 radical (unpaired) electrons. The van der Waals surface area contributed by atoms with Crippen LogP contribution in [0.4, 0.5) is 0 Å². The van der Waals surface area contributed by atoms with Gasteiger partial charge in [-0.05, 0) is 60.4 Å². The maximum Gasteiger partial charge on any atom is 0.212 e. The number of carbonyl (C=O) groups excluding carboxylic acids is 2. The first kappa shape index (κ1) is 21.4. The molecule has 0 spiro atoms. The summed E-state index contributed by atoms with van der Waals surface area (Å²) >= 11 is 9.84. The van der Waals surface area contributed by atoms with Gasteiger partial charge < -0.3 is 4.79 Å². The van der Waals surface area contributed by atoms with Crippen molar-refractivity contribution in [1.82, 2.24) is 0 Å². The monoisotopic (exact) mass is 422 g/mol. The molecule has 27 heavy (non-hydrogen) atoms. The highest BCUT2D eigenvalue weighted by Gasteiger charge is 2.14. The first-order chi connectivity index (χ1) is 12.6. The molecule has 2 rings (SSSR count). The van der Waals surface area contributed by atoms with E-state index in [1.54, 1.807) is 42.5 Å². The van der Waals surface area contributed by atoms with Crippen LogP contribution in [-0.2, 0) is 19.4 Å². The Hall–Kier alpha value is -1.89. The van der Waals surface area contributed by atoms with Crippen molar-refractivity contribution >= 4 is 51.0 Å².